The maximum atomic E-state index is 12.1. The van der Waals surface area contributed by atoms with Crippen molar-refractivity contribution in [3.63, 3.8) is 0 Å². The van der Waals surface area contributed by atoms with Crippen LogP contribution in [0.5, 0.6) is 0 Å². The lowest BCUT2D eigenvalue weighted by molar-refractivity contribution is 0.0519. The molecule has 2 heterocycles. The summed E-state index contributed by atoms with van der Waals surface area (Å²) in [5.41, 5.74) is 4.17. The molecule has 0 aliphatic rings. The van der Waals surface area contributed by atoms with Gasteiger partial charge in [0.15, 0.2) is 5.78 Å². The smallest absolute Gasteiger partial charge is 0.355 e. The highest BCUT2D eigenvalue weighted by atomic mass is 35.5. The summed E-state index contributed by atoms with van der Waals surface area (Å²) < 4.78 is 5.07. The van der Waals surface area contributed by atoms with E-state index in [2.05, 4.69) is 9.97 Å². The lowest BCUT2D eigenvalue weighted by Gasteiger charge is -2.02. The summed E-state index contributed by atoms with van der Waals surface area (Å²) in [7, 11) is 0. The number of H-pyrrole nitrogens is 2. The Morgan fingerprint density at radius 1 is 1.28 bits per heavy atom. The summed E-state index contributed by atoms with van der Waals surface area (Å²) in [6.07, 6.45) is 2.38. The number of carbonyl (C=O) groups excluding carboxylic acids is 2. The lowest BCUT2D eigenvalue weighted by atomic mass is 10.0. The van der Waals surface area contributed by atoms with Gasteiger partial charge in [-0.15, -0.1) is 0 Å². The lowest BCUT2D eigenvalue weighted by Crippen LogP contribution is -2.07. The van der Waals surface area contributed by atoms with Crippen molar-refractivity contribution in [3.05, 3.63) is 57.5 Å². The molecule has 0 aliphatic heterocycles. The third kappa shape index (κ3) is 3.20. The van der Waals surface area contributed by atoms with Gasteiger partial charge in [-0.3, -0.25) is 4.79 Å². The normalized spacial score (nSPS) is 11.0. The molecule has 0 fully saturated rings. The van der Waals surface area contributed by atoms with E-state index in [1.165, 1.54) is 6.92 Å². The Morgan fingerprint density at radius 3 is 2.72 bits per heavy atom. The molecule has 0 bridgehead atoms. The number of aromatic nitrogens is 2. The molecular weight excluding hydrogens is 340 g/mol. The minimum atomic E-state index is -0.448. The number of rotatable bonds is 5. The van der Waals surface area contributed by atoms with Crippen LogP contribution in [0.2, 0.25) is 5.02 Å². The standard InChI is InChI=1S/C19H19ClN2O3/c1-4-25-19(24)18-10(2)17(11(3)23)16(22-18)7-12-9-21-15-6-5-13(20)8-14(12)15/h5-6,8-9,21-22H,4,7H2,1-3H3. The molecule has 0 atom stereocenters. The van der Waals surface area contributed by atoms with Gasteiger partial charge in [-0.25, -0.2) is 4.79 Å². The highest BCUT2D eigenvalue weighted by Crippen LogP contribution is 2.27. The number of hydrogen-bond donors (Lipinski definition) is 2. The van der Waals surface area contributed by atoms with Crippen molar-refractivity contribution in [2.24, 2.45) is 0 Å². The van der Waals surface area contributed by atoms with Crippen molar-refractivity contribution < 1.29 is 14.3 Å². The Morgan fingerprint density at radius 2 is 2.04 bits per heavy atom. The summed E-state index contributed by atoms with van der Waals surface area (Å²) in [5.74, 6) is -0.534. The fourth-order valence-electron chi connectivity index (χ4n) is 3.16. The Hall–Kier alpha value is -2.53. The molecule has 0 saturated carbocycles. The van der Waals surface area contributed by atoms with E-state index in [9.17, 15) is 9.59 Å². The first-order chi connectivity index (χ1) is 11.9. The van der Waals surface area contributed by atoms with Gasteiger partial charge in [-0.05, 0) is 50.1 Å². The number of benzene rings is 1. The third-order valence-electron chi connectivity index (χ3n) is 4.26. The molecule has 0 saturated heterocycles. The van der Waals surface area contributed by atoms with Gasteiger partial charge in [0.1, 0.15) is 5.69 Å². The monoisotopic (exact) mass is 358 g/mol. The van der Waals surface area contributed by atoms with Crippen LogP contribution in [-0.2, 0) is 11.2 Å². The van der Waals surface area contributed by atoms with E-state index in [0.717, 1.165) is 16.5 Å². The molecule has 1 aromatic carbocycles. The van der Waals surface area contributed by atoms with Crippen LogP contribution in [-0.4, -0.2) is 28.3 Å². The molecule has 0 spiro atoms. The van der Waals surface area contributed by atoms with E-state index in [1.807, 2.05) is 24.4 Å². The highest BCUT2D eigenvalue weighted by Gasteiger charge is 2.23. The Labute approximate surface area is 150 Å². The Balaban J connectivity index is 2.06. The van der Waals surface area contributed by atoms with Gasteiger partial charge in [0.2, 0.25) is 0 Å². The van der Waals surface area contributed by atoms with Crippen molar-refractivity contribution in [3.8, 4) is 0 Å². The molecule has 2 N–H and O–H groups in total. The number of aromatic amines is 2. The number of ether oxygens (including phenoxy) is 1. The van der Waals surface area contributed by atoms with E-state index in [4.69, 9.17) is 16.3 Å². The summed E-state index contributed by atoms with van der Waals surface area (Å²) in [6, 6.07) is 5.62. The van der Waals surface area contributed by atoms with Gasteiger partial charge in [-0.1, -0.05) is 11.6 Å². The zero-order valence-corrected chi connectivity index (χ0v) is 15.1. The maximum absolute atomic E-state index is 12.1. The van der Waals surface area contributed by atoms with Crippen LogP contribution in [0.3, 0.4) is 0 Å². The number of nitrogens with one attached hydrogen (secondary N) is 2. The molecule has 6 heteroatoms. The van der Waals surface area contributed by atoms with E-state index in [0.29, 0.717) is 34.0 Å². The van der Waals surface area contributed by atoms with Crippen LogP contribution in [0.4, 0.5) is 0 Å². The summed E-state index contributed by atoms with van der Waals surface area (Å²) >= 11 is 6.10. The number of hydrogen-bond acceptors (Lipinski definition) is 3. The summed E-state index contributed by atoms with van der Waals surface area (Å²) in [6.45, 7) is 5.29. The van der Waals surface area contributed by atoms with Gasteiger partial charge < -0.3 is 14.7 Å². The van der Waals surface area contributed by atoms with Gasteiger partial charge in [0, 0.05) is 39.8 Å². The van der Waals surface area contributed by atoms with Crippen LogP contribution >= 0.6 is 11.6 Å². The molecule has 2 aromatic heterocycles. The van der Waals surface area contributed by atoms with Gasteiger partial charge in [0.25, 0.3) is 0 Å². The number of fused-ring (bicyclic) bond motifs is 1. The molecular formula is C19H19ClN2O3. The maximum Gasteiger partial charge on any atom is 0.355 e. The number of esters is 1. The largest absolute Gasteiger partial charge is 0.461 e. The molecule has 25 heavy (non-hydrogen) atoms. The van der Waals surface area contributed by atoms with Crippen LogP contribution in [0, 0.1) is 6.92 Å². The van der Waals surface area contributed by atoms with Crippen molar-refractivity contribution in [1.82, 2.24) is 9.97 Å². The van der Waals surface area contributed by atoms with E-state index in [-0.39, 0.29) is 12.4 Å². The van der Waals surface area contributed by atoms with E-state index < -0.39 is 5.97 Å². The number of halogens is 1. The first-order valence-electron chi connectivity index (χ1n) is 8.07. The minimum absolute atomic E-state index is 0.0860. The van der Waals surface area contributed by atoms with Gasteiger partial charge >= 0.3 is 5.97 Å². The van der Waals surface area contributed by atoms with Gasteiger partial charge in [-0.2, -0.15) is 0 Å². The van der Waals surface area contributed by atoms with Crippen LogP contribution in [0.1, 0.15) is 51.5 Å². The van der Waals surface area contributed by atoms with Crippen LogP contribution < -0.4 is 0 Å². The summed E-state index contributed by atoms with van der Waals surface area (Å²) in [4.78, 5) is 30.5. The summed E-state index contributed by atoms with van der Waals surface area (Å²) in [5, 5.41) is 1.64. The second-order valence-corrected chi connectivity index (χ2v) is 6.37. The molecule has 3 rings (SSSR count). The average molecular weight is 359 g/mol. The average Bonchev–Trinajstić information content (AvgIpc) is 3.09. The Kier molecular flexibility index (Phi) is 4.68. The van der Waals surface area contributed by atoms with Crippen molar-refractivity contribution >= 4 is 34.3 Å². The van der Waals surface area contributed by atoms with E-state index >= 15 is 0 Å². The number of ketones is 1. The molecule has 0 unspecified atom stereocenters. The van der Waals surface area contributed by atoms with Crippen LogP contribution in [0.15, 0.2) is 24.4 Å². The predicted octanol–water partition coefficient (Wildman–Crippen LogP) is 4.43. The molecule has 0 aliphatic carbocycles. The number of Topliss-reactive ketones (excluding diaryl/α,β-unsaturated/α-hetero) is 1. The van der Waals surface area contributed by atoms with Crippen LogP contribution in [0.25, 0.3) is 10.9 Å². The zero-order valence-electron chi connectivity index (χ0n) is 14.3. The molecule has 0 amide bonds. The first kappa shape index (κ1) is 17.3. The predicted molar refractivity (Wildman–Crippen MR) is 97.6 cm³/mol. The topological polar surface area (TPSA) is 75.0 Å². The van der Waals surface area contributed by atoms with E-state index in [1.54, 1.807) is 13.8 Å². The fraction of sp³-hybridized carbons (Fsp3) is 0.263. The van der Waals surface area contributed by atoms with Gasteiger partial charge in [0.05, 0.1) is 6.61 Å². The fourth-order valence-corrected chi connectivity index (χ4v) is 3.33. The SMILES string of the molecule is CCOC(=O)c1[nH]c(Cc2c[nH]c3ccc(Cl)cc23)c(C(C)=O)c1C. The second kappa shape index (κ2) is 6.76. The number of carbonyl (C=O) groups is 2. The highest BCUT2D eigenvalue weighted by molar-refractivity contribution is 6.31. The third-order valence-corrected chi connectivity index (χ3v) is 4.49. The van der Waals surface area contributed by atoms with Crippen molar-refractivity contribution in [1.29, 1.82) is 0 Å². The van der Waals surface area contributed by atoms with Crippen molar-refractivity contribution in [2.45, 2.75) is 27.2 Å². The first-order valence-corrected chi connectivity index (χ1v) is 8.45. The molecule has 0 radical (unpaired) electrons. The molecule has 3 aromatic rings. The minimum Gasteiger partial charge on any atom is -0.461 e. The Bertz CT molecular complexity index is 969. The second-order valence-electron chi connectivity index (χ2n) is 5.94. The van der Waals surface area contributed by atoms with Crippen molar-refractivity contribution in [2.75, 3.05) is 6.61 Å². The molecule has 130 valence electrons. The molecule has 5 nitrogen and oxygen atoms in total. The zero-order chi connectivity index (χ0) is 18.1. The quantitative estimate of drug-likeness (QED) is 0.523.